The average Bonchev–Trinajstić information content (AvgIpc) is 0.673. The highest BCUT2D eigenvalue weighted by molar-refractivity contribution is 5.79. The number of carbonyl (C=O) groups is 1. The minimum Gasteiger partial charge on any atom is -0.432 e. The van der Waals surface area contributed by atoms with E-state index < -0.39 is 333 Å². The van der Waals surface area contributed by atoms with Gasteiger partial charge in [0, 0.05) is 0 Å². The van der Waals surface area contributed by atoms with Gasteiger partial charge < -0.3 is 208 Å². The third-order valence-corrected chi connectivity index (χ3v) is 30.7. The van der Waals surface area contributed by atoms with Gasteiger partial charge in [-0.1, -0.05) is 60.1 Å². The van der Waals surface area contributed by atoms with Crippen LogP contribution >= 0.6 is 0 Å². The second kappa shape index (κ2) is 37.8. The molecule has 14 aliphatic rings. The third-order valence-electron chi connectivity index (χ3n) is 30.7. The van der Waals surface area contributed by atoms with E-state index in [1.165, 1.54) is 6.92 Å². The lowest BCUT2D eigenvalue weighted by Gasteiger charge is -2.71. The first-order chi connectivity index (χ1) is 58.3. The summed E-state index contributed by atoms with van der Waals surface area (Å²) < 4.78 is 107. The van der Waals surface area contributed by atoms with E-state index in [1.807, 2.05) is 0 Å². The summed E-state index contributed by atoms with van der Waals surface area (Å²) in [5.74, 6) is -0.849. The van der Waals surface area contributed by atoms with Crippen LogP contribution in [-0.2, 0) is 90.1 Å². The summed E-state index contributed by atoms with van der Waals surface area (Å²) in [7, 11) is 0. The highest BCUT2D eigenvalue weighted by Crippen LogP contribution is 2.76. The van der Waals surface area contributed by atoms with Crippen molar-refractivity contribution < 1.29 is 213 Å². The Hall–Kier alpha value is -2.43. The van der Waals surface area contributed by atoms with E-state index in [-0.39, 0.29) is 34.0 Å². The molecule has 0 radical (unpaired) electrons. The molecule has 0 aromatic carbocycles. The Balaban J connectivity index is 0.593. The lowest BCUT2D eigenvalue weighted by molar-refractivity contribution is -0.389. The van der Waals surface area contributed by atoms with Gasteiger partial charge in [-0.25, -0.2) is 0 Å². The van der Waals surface area contributed by atoms with Gasteiger partial charge in [-0.05, 0) is 123 Å². The molecule has 5 aliphatic carbocycles. The zero-order chi connectivity index (χ0) is 90.2. The molecule has 4 saturated carbocycles. The lowest BCUT2D eigenvalue weighted by Crippen LogP contribution is -2.66. The van der Waals surface area contributed by atoms with E-state index in [9.17, 15) is 123 Å². The van der Waals surface area contributed by atoms with Crippen LogP contribution in [0.2, 0.25) is 0 Å². The summed E-state index contributed by atoms with van der Waals surface area (Å²) in [5, 5.41) is 263. The van der Waals surface area contributed by atoms with Crippen LogP contribution in [0, 0.1) is 50.2 Å². The van der Waals surface area contributed by atoms with E-state index >= 15 is 4.79 Å². The van der Waals surface area contributed by atoms with Crippen molar-refractivity contribution in [1.29, 1.82) is 0 Å². The topological polar surface area (TPSA) is 669 Å². The van der Waals surface area contributed by atoms with Crippen LogP contribution in [0.1, 0.15) is 127 Å². The lowest BCUT2D eigenvalue weighted by atomic mass is 9.33. The van der Waals surface area contributed by atoms with Crippen LogP contribution in [0.5, 0.6) is 0 Å². The number of hydrogen-bond acceptors (Lipinski definition) is 43. The minimum atomic E-state index is -2.04. The zero-order valence-corrected chi connectivity index (χ0v) is 70.6. The van der Waals surface area contributed by atoms with Gasteiger partial charge in [-0.2, -0.15) is 0 Å². The molecular formula is C81H132O43. The summed E-state index contributed by atoms with van der Waals surface area (Å²) in [5.41, 5.74) is -1.86. The number of carbonyl (C=O) groups excluding carboxylic acids is 1. The van der Waals surface area contributed by atoms with Crippen molar-refractivity contribution in [3.05, 3.63) is 11.6 Å². The largest absolute Gasteiger partial charge is 0.432 e. The normalized spacial score (nSPS) is 54.7. The summed E-state index contributed by atoms with van der Waals surface area (Å²) >= 11 is 0. The molecule has 9 heterocycles. The molecule has 0 aromatic heterocycles. The Morgan fingerprint density at radius 2 is 0.839 bits per heavy atom. The molecule has 13 fully saturated rings. The zero-order valence-electron chi connectivity index (χ0n) is 70.6. The fourth-order valence-electron chi connectivity index (χ4n) is 22.9. The molecule has 43 nitrogen and oxygen atoms in total. The molecule has 0 aromatic rings. The number of aliphatic hydroxyl groups excluding tert-OH is 24. The molecule has 43 heteroatoms. The predicted molar refractivity (Wildman–Crippen MR) is 405 cm³/mol. The fraction of sp³-hybridized carbons (Fsp3) is 0.963. The van der Waals surface area contributed by atoms with Gasteiger partial charge in [-0.3, -0.25) is 4.79 Å². The number of rotatable bonds is 22. The van der Waals surface area contributed by atoms with Crippen molar-refractivity contribution in [1.82, 2.24) is 0 Å². The second-order valence-corrected chi connectivity index (χ2v) is 39.0. The van der Waals surface area contributed by atoms with E-state index in [0.29, 0.717) is 51.4 Å². The van der Waals surface area contributed by atoms with E-state index in [4.69, 9.17) is 85.3 Å². The van der Waals surface area contributed by atoms with Gasteiger partial charge in [0.1, 0.15) is 189 Å². The minimum absolute atomic E-state index is 0.0501. The highest BCUT2D eigenvalue weighted by atomic mass is 16.8. The molecule has 714 valence electrons. The van der Waals surface area contributed by atoms with Crippen LogP contribution < -0.4 is 0 Å². The van der Waals surface area contributed by atoms with Gasteiger partial charge in [0.2, 0.25) is 6.29 Å². The van der Waals surface area contributed by atoms with Crippen molar-refractivity contribution >= 4 is 5.97 Å². The Kier molecular flexibility index (Phi) is 29.7. The fourth-order valence-corrected chi connectivity index (χ4v) is 22.9. The van der Waals surface area contributed by atoms with Gasteiger partial charge in [0.15, 0.2) is 50.3 Å². The van der Waals surface area contributed by atoms with E-state index in [2.05, 4.69) is 54.5 Å². The molecule has 50 atom stereocenters. The monoisotopic (exact) mass is 1790 g/mol. The molecule has 9 aliphatic heterocycles. The number of hydrogen-bond donors (Lipinski definition) is 24. The first kappa shape index (κ1) is 97.6. The van der Waals surface area contributed by atoms with Crippen molar-refractivity contribution in [2.75, 3.05) is 46.2 Å². The van der Waals surface area contributed by atoms with E-state index in [0.717, 1.165) is 18.4 Å². The van der Waals surface area contributed by atoms with Crippen LogP contribution in [0.3, 0.4) is 0 Å². The van der Waals surface area contributed by atoms with Crippen molar-refractivity contribution in [3.8, 4) is 0 Å². The maximum Gasteiger partial charge on any atom is 0.315 e. The first-order valence-electron chi connectivity index (χ1n) is 43.3. The summed E-state index contributed by atoms with van der Waals surface area (Å²) in [6.45, 7) is 13.6. The third kappa shape index (κ3) is 17.7. The van der Waals surface area contributed by atoms with Crippen molar-refractivity contribution in [3.63, 3.8) is 0 Å². The van der Waals surface area contributed by atoms with Crippen molar-refractivity contribution in [2.45, 2.75) is 391 Å². The molecule has 0 bridgehead atoms. The standard InChI is InChI=1S/C81H132O43/c1-28-42(87)48(93)55(100)69(111-28)120-63-36(23-84)115-71(60(105)53(63)98)121-62-35(22-83)114-66(58(103)52(62)97)109-26-37-46(91)50(95)57(102)72(117-37)124-75(106)81-18-16-76(3,4)20-31(81)30-10-11-40-78(7)14-13-41(77(5,6)39(78)12-15-80(40,9)79(30,8)17-19-81)118-68-59(104)51(96)61(29(2)112-68)119-73-65(44(89)33(86)24-107-73)123-74-64(43(88)32(85)25-108-74)122-67-54(99)47(92)38(27-110-67)116-70-56(101)49(94)45(90)34(21-82)113-70/h10,28-29,31-74,82-105H,11-27H2,1-9H3/t28-,29+,31?,32-,33-,34+,35-,36-,37-,38+,39?,40?,41-,42-,43+,44+,45+,46-,47+,48-,49+,50-,51-,52+,53+,54+,55-,56+,57-,58-,59+,60-,61-,62-,63-,64+,65+,66-,67-,68-,69+,70-,71+,72-,73-,74-,78?,79?,80?,81?/m0/s1. The molecule has 7 unspecified atom stereocenters. The number of esters is 1. The highest BCUT2D eigenvalue weighted by Gasteiger charge is 2.71. The van der Waals surface area contributed by atoms with Crippen LogP contribution in [0.25, 0.3) is 0 Å². The van der Waals surface area contributed by atoms with Crippen LogP contribution in [0.4, 0.5) is 0 Å². The van der Waals surface area contributed by atoms with Crippen LogP contribution in [0.15, 0.2) is 11.6 Å². The molecule has 24 N–H and O–H groups in total. The number of allylic oxidation sites excluding steroid dienone is 2. The van der Waals surface area contributed by atoms with Crippen LogP contribution in [-0.4, -0.2) is 439 Å². The van der Waals surface area contributed by atoms with Crippen molar-refractivity contribution in [2.24, 2.45) is 50.2 Å². The molecular weight excluding hydrogens is 1660 g/mol. The smallest absolute Gasteiger partial charge is 0.315 e. The molecule has 14 rings (SSSR count). The maximum atomic E-state index is 15.5. The van der Waals surface area contributed by atoms with Gasteiger partial charge >= 0.3 is 5.97 Å². The Labute approximate surface area is 714 Å². The number of aliphatic hydroxyl groups is 24. The Morgan fingerprint density at radius 3 is 1.44 bits per heavy atom. The van der Waals surface area contributed by atoms with E-state index in [1.54, 1.807) is 6.92 Å². The molecule has 0 spiro atoms. The van der Waals surface area contributed by atoms with Gasteiger partial charge in [-0.15, -0.1) is 0 Å². The SMILES string of the molecule is C[C@@H]1O[C@H](O[C@@H]2[C@H](O)[C@H](O)[C@@H](O[C@@H]3[C@H](O)[C@H](O)[C@@H](OC[C@@H]4O[C@@H](OC(=O)C56CCC(C)(C)CC5C5=CCC7C8(C)CC[C@H](O[C@@H]9O[C@H](C)[C@H](O[C@@H]%10OC[C@H](O)[C@@H](O)[C@H]%10O[C@@H]%10OC[C@H](O)[C@@H](O)[C@H]%10O[C@@H]%10OC[C@@H](O[C@@H]%11O[C@H](CO)[C@@H](O)[C@@H](O)[C@H]%11O)[C@@H](O)[C@H]%10O)[C@@H](O)[C@H]9O)C(C)(C)C8CCC7(C)C5(C)CC6)[C@@H](O)[C@@H](O)[C@H]4O)O[C@H]3CO)O[C@H]2CO)[C@@H](O)[C@@H](O)[C@H]1O. The number of ether oxygens (including phenoxy) is 18. The predicted octanol–water partition coefficient (Wildman–Crippen LogP) is -8.94. The summed E-state index contributed by atoms with van der Waals surface area (Å²) in [6.07, 6.45) is -64.7. The second-order valence-electron chi connectivity index (χ2n) is 39.0. The molecule has 9 saturated heterocycles. The average molecular weight is 1790 g/mol. The number of fused-ring (bicyclic) bond motifs is 7. The van der Waals surface area contributed by atoms with Gasteiger partial charge in [0.25, 0.3) is 0 Å². The first-order valence-corrected chi connectivity index (χ1v) is 43.3. The Bertz CT molecular complexity index is 3570. The maximum absolute atomic E-state index is 15.5. The molecule has 0 amide bonds. The summed E-state index contributed by atoms with van der Waals surface area (Å²) in [4.78, 5) is 15.5. The quantitative estimate of drug-likeness (QED) is 0.0272. The Morgan fingerprint density at radius 1 is 0.387 bits per heavy atom. The summed E-state index contributed by atoms with van der Waals surface area (Å²) in [6, 6.07) is 0. The molecule has 124 heavy (non-hydrogen) atoms. The van der Waals surface area contributed by atoms with Gasteiger partial charge in [0.05, 0.1) is 70.0 Å².